The second kappa shape index (κ2) is 3.60. The predicted molar refractivity (Wildman–Crippen MR) is 54.3 cm³/mol. The van der Waals surface area contributed by atoms with E-state index < -0.39 is 0 Å². The highest BCUT2D eigenvalue weighted by Gasteiger charge is 2.18. The Hall–Kier alpha value is -0.670. The molecule has 1 aromatic rings. The van der Waals surface area contributed by atoms with Crippen LogP contribution in [0.5, 0.6) is 0 Å². The summed E-state index contributed by atoms with van der Waals surface area (Å²) in [5.74, 6) is 0.0967. The maximum Gasteiger partial charge on any atom is 0.177 e. The van der Waals surface area contributed by atoms with E-state index in [1.807, 2.05) is 5.38 Å². The lowest BCUT2D eigenvalue weighted by atomic mass is 9.94. The Balaban J connectivity index is 2.36. The molecule has 2 rings (SSSR count). The number of thiophene rings is 1. The summed E-state index contributed by atoms with van der Waals surface area (Å²) in [4.78, 5) is 12.8. The standard InChI is InChI=1S/C10H13NOS/c11-5-9(12)8-6-13-10-4-2-1-3-7(8)10/h6H,1-5,11H2. The molecule has 2 N–H and O–H groups in total. The molecule has 0 fully saturated rings. The van der Waals surface area contributed by atoms with Crippen molar-refractivity contribution in [3.63, 3.8) is 0 Å². The zero-order valence-corrected chi connectivity index (χ0v) is 8.32. The number of ketones is 1. The number of nitrogens with two attached hydrogens (primary N) is 1. The molecule has 0 bridgehead atoms. The third-order valence-electron chi connectivity index (χ3n) is 2.55. The molecule has 0 aromatic carbocycles. The molecule has 0 aliphatic heterocycles. The molecule has 1 aromatic heterocycles. The van der Waals surface area contributed by atoms with Crippen molar-refractivity contribution in [2.75, 3.05) is 6.54 Å². The van der Waals surface area contributed by atoms with E-state index in [4.69, 9.17) is 5.73 Å². The van der Waals surface area contributed by atoms with Crippen LogP contribution in [0.25, 0.3) is 0 Å². The van der Waals surface area contributed by atoms with Gasteiger partial charge in [-0.2, -0.15) is 0 Å². The molecule has 0 radical (unpaired) electrons. The molecule has 1 aliphatic rings. The van der Waals surface area contributed by atoms with Crippen LogP contribution in [0.4, 0.5) is 0 Å². The van der Waals surface area contributed by atoms with E-state index >= 15 is 0 Å². The molecule has 0 spiro atoms. The van der Waals surface area contributed by atoms with Crippen molar-refractivity contribution < 1.29 is 4.79 Å². The van der Waals surface area contributed by atoms with Gasteiger partial charge in [0.2, 0.25) is 0 Å². The molecule has 0 saturated heterocycles. The van der Waals surface area contributed by atoms with Crippen LogP contribution in [0.2, 0.25) is 0 Å². The highest BCUT2D eigenvalue weighted by Crippen LogP contribution is 2.30. The summed E-state index contributed by atoms with van der Waals surface area (Å²) < 4.78 is 0. The van der Waals surface area contributed by atoms with E-state index in [1.54, 1.807) is 11.3 Å². The first-order valence-corrected chi connectivity index (χ1v) is 5.53. The fourth-order valence-corrected chi connectivity index (χ4v) is 2.99. The molecule has 1 aliphatic carbocycles. The molecule has 0 unspecified atom stereocenters. The minimum Gasteiger partial charge on any atom is -0.324 e. The molecular weight excluding hydrogens is 182 g/mol. The fraction of sp³-hybridized carbons (Fsp3) is 0.500. The van der Waals surface area contributed by atoms with Gasteiger partial charge in [0.05, 0.1) is 6.54 Å². The zero-order valence-electron chi connectivity index (χ0n) is 7.51. The van der Waals surface area contributed by atoms with Crippen molar-refractivity contribution in [3.05, 3.63) is 21.4 Å². The highest BCUT2D eigenvalue weighted by atomic mass is 32.1. The number of hydrogen-bond acceptors (Lipinski definition) is 3. The van der Waals surface area contributed by atoms with Crippen molar-refractivity contribution >= 4 is 17.1 Å². The van der Waals surface area contributed by atoms with Crippen molar-refractivity contribution in [2.45, 2.75) is 25.7 Å². The predicted octanol–water partition coefficient (Wildman–Crippen LogP) is 1.77. The molecule has 0 atom stereocenters. The summed E-state index contributed by atoms with van der Waals surface area (Å²) in [5, 5.41) is 1.98. The van der Waals surface area contributed by atoms with Crippen molar-refractivity contribution in [1.29, 1.82) is 0 Å². The number of Topliss-reactive ketones (excluding diaryl/α,β-unsaturated/α-hetero) is 1. The van der Waals surface area contributed by atoms with Gasteiger partial charge in [-0.25, -0.2) is 0 Å². The molecule has 13 heavy (non-hydrogen) atoms. The number of carbonyl (C=O) groups excluding carboxylic acids is 1. The number of fused-ring (bicyclic) bond motifs is 1. The number of rotatable bonds is 2. The Morgan fingerprint density at radius 1 is 1.46 bits per heavy atom. The van der Waals surface area contributed by atoms with E-state index in [2.05, 4.69) is 0 Å². The summed E-state index contributed by atoms with van der Waals surface area (Å²) in [6, 6.07) is 0. The lowest BCUT2D eigenvalue weighted by molar-refractivity contribution is 0.100. The Morgan fingerprint density at radius 2 is 2.23 bits per heavy atom. The third-order valence-corrected chi connectivity index (χ3v) is 3.64. The summed E-state index contributed by atoms with van der Waals surface area (Å²) in [5.41, 5.74) is 7.53. The van der Waals surface area contributed by atoms with Gasteiger partial charge in [-0.3, -0.25) is 4.79 Å². The third kappa shape index (κ3) is 1.54. The lowest BCUT2D eigenvalue weighted by Gasteiger charge is -2.11. The Bertz CT molecular complexity index is 330. The summed E-state index contributed by atoms with van der Waals surface area (Å²) in [6.45, 7) is 0.142. The van der Waals surface area contributed by atoms with Crippen molar-refractivity contribution in [2.24, 2.45) is 5.73 Å². The number of carbonyl (C=O) groups is 1. The fourth-order valence-electron chi connectivity index (χ4n) is 1.84. The van der Waals surface area contributed by atoms with Crippen LogP contribution in [-0.2, 0) is 12.8 Å². The minimum absolute atomic E-state index is 0.0967. The van der Waals surface area contributed by atoms with Gasteiger partial charge in [-0.15, -0.1) is 11.3 Å². The normalized spacial score (nSPS) is 15.5. The van der Waals surface area contributed by atoms with Crippen molar-refractivity contribution in [3.8, 4) is 0 Å². The average molecular weight is 195 g/mol. The first kappa shape index (κ1) is 8.91. The second-order valence-corrected chi connectivity index (χ2v) is 4.35. The van der Waals surface area contributed by atoms with E-state index in [-0.39, 0.29) is 12.3 Å². The van der Waals surface area contributed by atoms with Crippen LogP contribution in [0.3, 0.4) is 0 Å². The molecular formula is C10H13NOS. The highest BCUT2D eigenvalue weighted by molar-refractivity contribution is 7.10. The number of aryl methyl sites for hydroxylation is 1. The van der Waals surface area contributed by atoms with E-state index in [1.165, 1.54) is 23.3 Å². The van der Waals surface area contributed by atoms with Gasteiger partial charge < -0.3 is 5.73 Å². The topological polar surface area (TPSA) is 43.1 Å². The van der Waals surface area contributed by atoms with Crippen LogP contribution >= 0.6 is 11.3 Å². The molecule has 1 heterocycles. The zero-order chi connectivity index (χ0) is 9.26. The first-order chi connectivity index (χ1) is 6.33. The monoisotopic (exact) mass is 195 g/mol. The maximum absolute atomic E-state index is 11.4. The summed E-state index contributed by atoms with van der Waals surface area (Å²) in [6.07, 6.45) is 4.70. The van der Waals surface area contributed by atoms with E-state index in [0.717, 1.165) is 18.4 Å². The molecule has 0 amide bonds. The average Bonchev–Trinajstić information content (AvgIpc) is 2.60. The number of hydrogen-bond donors (Lipinski definition) is 1. The van der Waals surface area contributed by atoms with Gasteiger partial charge in [0.1, 0.15) is 0 Å². The largest absolute Gasteiger partial charge is 0.324 e. The van der Waals surface area contributed by atoms with Gasteiger partial charge in [0.15, 0.2) is 5.78 Å². The van der Waals surface area contributed by atoms with Crippen LogP contribution in [-0.4, -0.2) is 12.3 Å². The van der Waals surface area contributed by atoms with Gasteiger partial charge in [0.25, 0.3) is 0 Å². The molecule has 0 saturated carbocycles. The van der Waals surface area contributed by atoms with Gasteiger partial charge in [0, 0.05) is 15.8 Å². The van der Waals surface area contributed by atoms with Gasteiger partial charge >= 0.3 is 0 Å². The van der Waals surface area contributed by atoms with E-state index in [0.29, 0.717) is 0 Å². The van der Waals surface area contributed by atoms with Crippen LogP contribution in [0.1, 0.15) is 33.6 Å². The maximum atomic E-state index is 11.4. The van der Waals surface area contributed by atoms with Crippen LogP contribution in [0.15, 0.2) is 5.38 Å². The smallest absolute Gasteiger partial charge is 0.177 e. The Labute approximate surface area is 81.8 Å². The quantitative estimate of drug-likeness (QED) is 0.731. The van der Waals surface area contributed by atoms with Gasteiger partial charge in [-0.05, 0) is 31.2 Å². The summed E-state index contributed by atoms with van der Waals surface area (Å²) in [7, 11) is 0. The second-order valence-electron chi connectivity index (χ2n) is 3.39. The minimum atomic E-state index is 0.0967. The lowest BCUT2D eigenvalue weighted by Crippen LogP contribution is -2.15. The van der Waals surface area contributed by atoms with Crippen LogP contribution in [0, 0.1) is 0 Å². The van der Waals surface area contributed by atoms with Crippen LogP contribution < -0.4 is 5.73 Å². The van der Waals surface area contributed by atoms with Crippen molar-refractivity contribution in [1.82, 2.24) is 0 Å². The first-order valence-electron chi connectivity index (χ1n) is 4.65. The molecule has 2 nitrogen and oxygen atoms in total. The summed E-state index contributed by atoms with van der Waals surface area (Å²) >= 11 is 1.72. The SMILES string of the molecule is NCC(=O)c1csc2c1CCCC2. The van der Waals surface area contributed by atoms with Gasteiger partial charge in [-0.1, -0.05) is 0 Å². The Kier molecular flexibility index (Phi) is 2.47. The Morgan fingerprint density at radius 3 is 3.00 bits per heavy atom. The molecule has 70 valence electrons. The van der Waals surface area contributed by atoms with E-state index in [9.17, 15) is 4.79 Å². The molecule has 3 heteroatoms.